The third-order valence-corrected chi connectivity index (χ3v) is 5.76. The molecule has 1 atom stereocenters. The first-order chi connectivity index (χ1) is 12.7. The fraction of sp³-hybridized carbons (Fsp3) is 0.571. The molecule has 146 valence electrons. The van der Waals surface area contributed by atoms with Crippen molar-refractivity contribution in [2.45, 2.75) is 71.4 Å². The van der Waals surface area contributed by atoms with E-state index < -0.39 is 6.04 Å². The van der Waals surface area contributed by atoms with E-state index in [4.69, 9.17) is 0 Å². The molecule has 5 nitrogen and oxygen atoms in total. The minimum absolute atomic E-state index is 0.0155. The van der Waals surface area contributed by atoms with Crippen LogP contribution in [0.5, 0.6) is 0 Å². The fourth-order valence-electron chi connectivity index (χ4n) is 4.05. The molecule has 2 aliphatic rings. The van der Waals surface area contributed by atoms with E-state index in [1.54, 1.807) is 17.0 Å². The van der Waals surface area contributed by atoms with E-state index in [1.807, 2.05) is 32.9 Å². The summed E-state index contributed by atoms with van der Waals surface area (Å²) in [7, 11) is 0. The molecular weight excluding hydrogens is 408 g/mol. The maximum absolute atomic E-state index is 13.2. The Labute approximate surface area is 169 Å². The number of rotatable bonds is 4. The van der Waals surface area contributed by atoms with Crippen LogP contribution in [0, 0.1) is 5.41 Å². The Bertz CT molecular complexity index is 733. The van der Waals surface area contributed by atoms with Gasteiger partial charge < -0.3 is 4.90 Å². The van der Waals surface area contributed by atoms with Crippen molar-refractivity contribution in [3.63, 3.8) is 0 Å². The molecule has 1 unspecified atom stereocenters. The zero-order valence-electron chi connectivity index (χ0n) is 16.2. The van der Waals surface area contributed by atoms with Gasteiger partial charge in [0.15, 0.2) is 0 Å². The number of imide groups is 1. The molecule has 0 aromatic heterocycles. The summed E-state index contributed by atoms with van der Waals surface area (Å²) in [6, 6.07) is 6.49. The standard InChI is InChI=1S/C21H27BrN2O3/c1-21(2,3)13-19(26)23(15-6-4-5-7-15)17-12-18(25)24(20(17)27)16-10-8-14(22)9-11-16/h8-11,15,17H,4-7,12-13H2,1-3H3. The summed E-state index contributed by atoms with van der Waals surface area (Å²) in [5, 5.41) is 0. The van der Waals surface area contributed by atoms with Crippen LogP contribution in [0.1, 0.15) is 59.3 Å². The smallest absolute Gasteiger partial charge is 0.257 e. The van der Waals surface area contributed by atoms with Gasteiger partial charge in [-0.25, -0.2) is 4.90 Å². The topological polar surface area (TPSA) is 57.7 Å². The Kier molecular flexibility index (Phi) is 5.75. The first kappa shape index (κ1) is 20.1. The van der Waals surface area contributed by atoms with Gasteiger partial charge in [-0.2, -0.15) is 0 Å². The molecule has 1 saturated carbocycles. The van der Waals surface area contributed by atoms with Crippen molar-refractivity contribution in [1.29, 1.82) is 0 Å². The zero-order valence-corrected chi connectivity index (χ0v) is 17.8. The second kappa shape index (κ2) is 7.74. The average Bonchev–Trinajstić information content (AvgIpc) is 3.17. The summed E-state index contributed by atoms with van der Waals surface area (Å²) in [6.07, 6.45) is 4.39. The largest absolute Gasteiger partial charge is 0.327 e. The van der Waals surface area contributed by atoms with Gasteiger partial charge in [0.2, 0.25) is 11.8 Å². The maximum atomic E-state index is 13.2. The highest BCUT2D eigenvalue weighted by Gasteiger charge is 2.47. The molecule has 0 N–H and O–H groups in total. The first-order valence-electron chi connectivity index (χ1n) is 9.61. The van der Waals surface area contributed by atoms with Gasteiger partial charge in [0.25, 0.3) is 5.91 Å². The van der Waals surface area contributed by atoms with Crippen LogP contribution in [0.2, 0.25) is 0 Å². The number of nitrogens with zero attached hydrogens (tertiary/aromatic N) is 2. The molecule has 1 saturated heterocycles. The third kappa shape index (κ3) is 4.42. The zero-order chi connectivity index (χ0) is 19.8. The van der Waals surface area contributed by atoms with Gasteiger partial charge in [-0.15, -0.1) is 0 Å². The van der Waals surface area contributed by atoms with Crippen LogP contribution in [-0.4, -0.2) is 34.7 Å². The van der Waals surface area contributed by atoms with Crippen molar-refractivity contribution in [2.75, 3.05) is 4.90 Å². The van der Waals surface area contributed by atoms with Crippen LogP contribution < -0.4 is 4.90 Å². The summed E-state index contributed by atoms with van der Waals surface area (Å²) in [5.41, 5.74) is 0.399. The minimum atomic E-state index is -0.681. The second-order valence-corrected chi connectivity index (χ2v) is 9.66. The molecule has 2 fully saturated rings. The lowest BCUT2D eigenvalue weighted by Gasteiger charge is -2.35. The molecule has 1 aliphatic carbocycles. The Morgan fingerprint density at radius 3 is 2.30 bits per heavy atom. The van der Waals surface area contributed by atoms with Gasteiger partial charge in [0, 0.05) is 16.9 Å². The summed E-state index contributed by atoms with van der Waals surface area (Å²) in [4.78, 5) is 41.9. The lowest BCUT2D eigenvalue weighted by molar-refractivity contribution is -0.142. The van der Waals surface area contributed by atoms with Gasteiger partial charge in [-0.1, -0.05) is 49.5 Å². The quantitative estimate of drug-likeness (QED) is 0.664. The Balaban J connectivity index is 1.88. The van der Waals surface area contributed by atoms with E-state index in [0.29, 0.717) is 12.1 Å². The number of halogens is 1. The molecule has 0 bridgehead atoms. The molecule has 1 aromatic rings. The highest BCUT2D eigenvalue weighted by atomic mass is 79.9. The molecule has 27 heavy (non-hydrogen) atoms. The van der Waals surface area contributed by atoms with Crippen molar-refractivity contribution >= 4 is 39.3 Å². The van der Waals surface area contributed by atoms with Gasteiger partial charge in [0.05, 0.1) is 12.1 Å². The van der Waals surface area contributed by atoms with Gasteiger partial charge >= 0.3 is 0 Å². The molecule has 6 heteroatoms. The first-order valence-corrected chi connectivity index (χ1v) is 10.4. The molecular formula is C21H27BrN2O3. The predicted octanol–water partition coefficient (Wildman–Crippen LogP) is 4.29. The highest BCUT2D eigenvalue weighted by molar-refractivity contribution is 9.10. The molecule has 0 radical (unpaired) electrons. The van der Waals surface area contributed by atoms with Crippen LogP contribution in [0.4, 0.5) is 5.69 Å². The molecule has 1 aliphatic heterocycles. The van der Waals surface area contributed by atoms with Gasteiger partial charge in [0.1, 0.15) is 6.04 Å². The Morgan fingerprint density at radius 2 is 1.74 bits per heavy atom. The minimum Gasteiger partial charge on any atom is -0.327 e. The molecule has 1 heterocycles. The van der Waals surface area contributed by atoms with E-state index in [0.717, 1.165) is 30.2 Å². The number of hydrogen-bond donors (Lipinski definition) is 0. The second-order valence-electron chi connectivity index (χ2n) is 8.74. The lowest BCUT2D eigenvalue weighted by atomic mass is 9.90. The van der Waals surface area contributed by atoms with Crippen LogP contribution >= 0.6 is 15.9 Å². The monoisotopic (exact) mass is 434 g/mol. The van der Waals surface area contributed by atoms with E-state index >= 15 is 0 Å². The average molecular weight is 435 g/mol. The number of benzene rings is 1. The number of carbonyl (C=O) groups is 3. The van der Waals surface area contributed by atoms with E-state index in [9.17, 15) is 14.4 Å². The SMILES string of the molecule is CC(C)(C)CC(=O)N(C1CCCC1)C1CC(=O)N(c2ccc(Br)cc2)C1=O. The summed E-state index contributed by atoms with van der Waals surface area (Å²) in [6.45, 7) is 6.06. The van der Waals surface area contributed by atoms with Crippen molar-refractivity contribution in [2.24, 2.45) is 5.41 Å². The fourth-order valence-corrected chi connectivity index (χ4v) is 4.32. The molecule has 1 aromatic carbocycles. The Morgan fingerprint density at radius 1 is 1.15 bits per heavy atom. The van der Waals surface area contributed by atoms with Gasteiger partial charge in [-0.3, -0.25) is 14.4 Å². The van der Waals surface area contributed by atoms with Crippen LogP contribution in [0.25, 0.3) is 0 Å². The van der Waals surface area contributed by atoms with Crippen molar-refractivity contribution in [3.8, 4) is 0 Å². The molecule has 3 amide bonds. The molecule has 3 rings (SSSR count). The van der Waals surface area contributed by atoms with Crippen molar-refractivity contribution in [3.05, 3.63) is 28.7 Å². The van der Waals surface area contributed by atoms with Crippen LogP contribution in [0.3, 0.4) is 0 Å². The summed E-state index contributed by atoms with van der Waals surface area (Å²) < 4.78 is 0.884. The normalized spacial score (nSPS) is 21.2. The summed E-state index contributed by atoms with van der Waals surface area (Å²) in [5.74, 6) is -0.534. The van der Waals surface area contributed by atoms with E-state index in [-0.39, 0.29) is 35.6 Å². The van der Waals surface area contributed by atoms with Crippen molar-refractivity contribution in [1.82, 2.24) is 4.90 Å². The maximum Gasteiger partial charge on any atom is 0.257 e. The number of anilines is 1. The van der Waals surface area contributed by atoms with Crippen LogP contribution in [-0.2, 0) is 14.4 Å². The number of hydrogen-bond acceptors (Lipinski definition) is 3. The summed E-state index contributed by atoms with van der Waals surface area (Å²) >= 11 is 3.37. The predicted molar refractivity (Wildman–Crippen MR) is 108 cm³/mol. The molecule has 0 spiro atoms. The number of amides is 3. The van der Waals surface area contributed by atoms with E-state index in [2.05, 4.69) is 15.9 Å². The number of carbonyl (C=O) groups excluding carboxylic acids is 3. The van der Waals surface area contributed by atoms with Crippen molar-refractivity contribution < 1.29 is 14.4 Å². The highest BCUT2D eigenvalue weighted by Crippen LogP contribution is 2.34. The van der Waals surface area contributed by atoms with Gasteiger partial charge in [-0.05, 0) is 42.5 Å². The van der Waals surface area contributed by atoms with Crippen LogP contribution in [0.15, 0.2) is 28.7 Å². The van der Waals surface area contributed by atoms with E-state index in [1.165, 1.54) is 4.90 Å². The third-order valence-electron chi connectivity index (χ3n) is 5.23. The lowest BCUT2D eigenvalue weighted by Crippen LogP contribution is -2.50. The Hall–Kier alpha value is -1.69.